The summed E-state index contributed by atoms with van der Waals surface area (Å²) < 4.78 is 54.3. The van der Waals surface area contributed by atoms with Gasteiger partial charge in [-0.25, -0.2) is 33.6 Å². The van der Waals surface area contributed by atoms with Gasteiger partial charge < -0.3 is 73.5 Å². The summed E-state index contributed by atoms with van der Waals surface area (Å²) in [5.74, 6) is -15.3. The number of carbonyl (C=O) groups is 11. The van der Waals surface area contributed by atoms with E-state index in [1.165, 1.54) is 17.7 Å². The predicted molar refractivity (Wildman–Crippen MR) is 465 cm³/mol. The Kier molecular flexibility index (Phi) is 34.8. The van der Waals surface area contributed by atoms with Gasteiger partial charge in [-0.3, -0.25) is 19.2 Å². The number of allylic oxidation sites excluding steroid dienone is 3. The largest absolute Gasteiger partial charge is 0.481 e. The van der Waals surface area contributed by atoms with Crippen molar-refractivity contribution >= 4 is 71.6 Å². The molecule has 3 amide bonds. The number of aliphatic carboxylic acids is 2. The van der Waals surface area contributed by atoms with Crippen molar-refractivity contribution in [3.8, 4) is 22.3 Å². The Morgan fingerprint density at radius 1 is 0.419 bits per heavy atom. The standard InChI is InChI=1S/C36H41NO6.C29H37NO6.C23H31NO6.C10H14O5/c1-24-22-25(20-21-28(24)27-17-11-8-12-18-27)16-13-19-29(30-33(39)43-36(5,6)42-30)32(38)37-31(35(2,3)4)34(40)41-23-26-14-9-7-10-15-26;1-18-17-19(15-16-21(18)20-12-8-7-9-13-20)11-10-14-22(23-27(34)36-29(5,6)35-23)25(31)30-24(26(32)33)28(2,3)4;1-7-11-16(17-20(26)30-23(5,6)29-17)19(25)24-18(22(2,3)4)21(27)28-14-15-12-9-8-10-13-15;1-4-5-6(8(11)12)7-9(13)15-10(2,3)14-7/h7-18,20-22,29-31H,19,23H2,1-6H3,(H,37,38);7-9,12-13,15-17,22-24H,10-11,14H2,1-6H3,(H,30,31)(H,32,33);7-10,12-13,16-18H,1,11,14H2,2-6H3,(H,24,25);4,6-7H,1,5H2,2-3H3,(H,11,12)/b16-13+;;;/t29-,30+,31-;22-,23+,24-;16-,17+,18-;6-,7+/m1111/s1. The van der Waals surface area contributed by atoms with Crippen LogP contribution in [0.1, 0.15) is 183 Å². The van der Waals surface area contributed by atoms with Gasteiger partial charge in [-0.05, 0) is 124 Å². The van der Waals surface area contributed by atoms with Gasteiger partial charge in [-0.1, -0.05) is 244 Å². The Bertz CT molecular complexity index is 4750. The van der Waals surface area contributed by atoms with Gasteiger partial charge in [-0.15, -0.1) is 13.2 Å². The summed E-state index contributed by atoms with van der Waals surface area (Å²) in [6, 6.07) is 48.5. The number of esters is 6. The third kappa shape index (κ3) is 29.4. The fraction of sp³-hybridized carbons (Fsp3) is 0.459. The maximum Gasteiger partial charge on any atom is 0.338 e. The zero-order chi connectivity index (χ0) is 92.0. The van der Waals surface area contributed by atoms with E-state index in [2.05, 4.69) is 97.6 Å². The number of hydrogen-bond donors (Lipinski definition) is 5. The first kappa shape index (κ1) is 99.7. The number of ether oxygens (including phenoxy) is 10. The maximum absolute atomic E-state index is 13.8. The topological polar surface area (TPSA) is 357 Å². The van der Waals surface area contributed by atoms with Crippen LogP contribution in [0, 0.1) is 53.8 Å². The molecule has 0 aromatic heterocycles. The molecule has 11 atom stereocenters. The van der Waals surface area contributed by atoms with E-state index >= 15 is 0 Å². The third-order valence-electron chi connectivity index (χ3n) is 20.6. The average Bonchev–Trinajstić information content (AvgIpc) is 1.64. The van der Waals surface area contributed by atoms with Crippen molar-refractivity contribution in [1.82, 2.24) is 16.0 Å². The molecule has 4 heterocycles. The normalized spacial score (nSPS) is 19.6. The SMILES string of the molecule is C=CC[C@@H](C(=O)N[C@H](C(=O)OCc1ccccc1)C(C)(C)C)[C@@H]1OC(C)(C)OC1=O.C=CC[C@@H](C(=O)O)[C@@H]1OC(C)(C)OC1=O.Cc1cc(/C=C/C[C@@H](C(=O)N[C@H](C(=O)OCc2ccccc2)C(C)(C)C)[C@@H]2OC(C)(C)OC2=O)ccc1-c1ccccc1.Cc1cc(CCC[C@@H](C(=O)N[C@H](C(=O)O)C(C)(C)C)[C@@H]2OC(C)(C)OC2=O)ccc1-c1ccccc1. The lowest BCUT2D eigenvalue weighted by molar-refractivity contribution is -0.165. The molecule has 0 aliphatic carbocycles. The van der Waals surface area contributed by atoms with Crippen LogP contribution in [-0.2, 0) is 120 Å². The molecular formula is C98H123N3O23. The second kappa shape index (κ2) is 43.2. The zero-order valence-corrected chi connectivity index (χ0v) is 74.7. The Hall–Kier alpha value is -11.5. The van der Waals surface area contributed by atoms with Crippen LogP contribution in [0.15, 0.2) is 189 Å². The van der Waals surface area contributed by atoms with E-state index < -0.39 is 171 Å². The molecule has 6 aromatic rings. The summed E-state index contributed by atoms with van der Waals surface area (Å²) in [6.07, 6.45) is 4.64. The number of rotatable bonds is 31. The van der Waals surface area contributed by atoms with E-state index in [-0.39, 0.29) is 32.5 Å². The van der Waals surface area contributed by atoms with Gasteiger partial charge in [0.25, 0.3) is 0 Å². The third-order valence-corrected chi connectivity index (χ3v) is 20.6. The number of amides is 3. The van der Waals surface area contributed by atoms with Crippen LogP contribution in [0.3, 0.4) is 0 Å². The highest BCUT2D eigenvalue weighted by molar-refractivity contribution is 5.93. The average molecular weight is 1710 g/mol. The second-order valence-electron chi connectivity index (χ2n) is 36.2. The minimum absolute atomic E-state index is 0.0863. The van der Waals surface area contributed by atoms with Crippen LogP contribution in [0.5, 0.6) is 0 Å². The van der Waals surface area contributed by atoms with Crippen molar-refractivity contribution in [1.29, 1.82) is 0 Å². The quantitative estimate of drug-likeness (QED) is 0.0153. The van der Waals surface area contributed by atoms with Crippen molar-refractivity contribution < 1.29 is 110 Å². The van der Waals surface area contributed by atoms with E-state index in [4.69, 9.17) is 52.5 Å². The van der Waals surface area contributed by atoms with Crippen LogP contribution in [0.2, 0.25) is 0 Å². The van der Waals surface area contributed by atoms with Gasteiger partial charge in [0.2, 0.25) is 40.9 Å². The number of benzene rings is 6. The molecule has 668 valence electrons. The molecule has 5 N–H and O–H groups in total. The van der Waals surface area contributed by atoms with Crippen molar-refractivity contribution in [2.75, 3.05) is 0 Å². The lowest BCUT2D eigenvalue weighted by Gasteiger charge is -2.31. The molecule has 4 aliphatic rings. The maximum atomic E-state index is 13.8. The van der Waals surface area contributed by atoms with Crippen LogP contribution in [-0.4, -0.2) is 141 Å². The molecule has 26 nitrogen and oxygen atoms in total. The summed E-state index contributed by atoms with van der Waals surface area (Å²) in [5, 5.41) is 26.8. The molecule has 0 unspecified atom stereocenters. The Morgan fingerprint density at radius 2 is 0.750 bits per heavy atom. The lowest BCUT2D eigenvalue weighted by atomic mass is 9.85. The first-order chi connectivity index (χ1) is 57.9. The lowest BCUT2D eigenvalue weighted by Crippen LogP contribution is -2.53. The molecule has 0 saturated carbocycles. The van der Waals surface area contributed by atoms with E-state index in [1.807, 2.05) is 157 Å². The van der Waals surface area contributed by atoms with Crippen molar-refractivity contribution in [3.05, 3.63) is 222 Å². The molecule has 4 aliphatic heterocycles. The number of carbonyl (C=O) groups excluding carboxylic acids is 9. The van der Waals surface area contributed by atoms with E-state index in [0.29, 0.717) is 19.3 Å². The van der Waals surface area contributed by atoms with Gasteiger partial charge in [-0.2, -0.15) is 0 Å². The minimum atomic E-state index is -1.16. The summed E-state index contributed by atoms with van der Waals surface area (Å²) >= 11 is 0. The van der Waals surface area contributed by atoms with Gasteiger partial charge in [0.1, 0.15) is 31.3 Å². The molecule has 10 rings (SSSR count). The Morgan fingerprint density at radius 3 is 1.09 bits per heavy atom. The van der Waals surface area contributed by atoms with Crippen LogP contribution in [0.4, 0.5) is 0 Å². The first-order valence-corrected chi connectivity index (χ1v) is 41.5. The molecule has 0 bridgehead atoms. The van der Waals surface area contributed by atoms with Crippen LogP contribution in [0.25, 0.3) is 28.3 Å². The smallest absolute Gasteiger partial charge is 0.338 e. The van der Waals surface area contributed by atoms with E-state index in [1.54, 1.807) is 76.2 Å². The van der Waals surface area contributed by atoms with Crippen LogP contribution < -0.4 is 16.0 Å². The van der Waals surface area contributed by atoms with E-state index in [0.717, 1.165) is 50.1 Å². The first-order valence-electron chi connectivity index (χ1n) is 41.5. The number of aryl methyl sites for hydroxylation is 3. The van der Waals surface area contributed by atoms with E-state index in [9.17, 15) is 57.8 Å². The number of carboxylic acids is 2. The fourth-order valence-electron chi connectivity index (χ4n) is 14.3. The highest BCUT2D eigenvalue weighted by Crippen LogP contribution is 2.37. The highest BCUT2D eigenvalue weighted by Gasteiger charge is 2.53. The fourth-order valence-corrected chi connectivity index (χ4v) is 14.3. The predicted octanol–water partition coefficient (Wildman–Crippen LogP) is 15.6. The Balaban J connectivity index is 0.000000238. The van der Waals surface area contributed by atoms with Gasteiger partial charge >= 0.3 is 47.8 Å². The molecule has 4 saturated heterocycles. The molecule has 124 heavy (non-hydrogen) atoms. The second-order valence-corrected chi connectivity index (χ2v) is 36.2. The number of carboxylic acid groups (broad SMARTS) is 2. The summed E-state index contributed by atoms with van der Waals surface area (Å²) in [7, 11) is 0. The molecule has 0 spiro atoms. The summed E-state index contributed by atoms with van der Waals surface area (Å²) in [5.41, 5.74) is 8.69. The van der Waals surface area contributed by atoms with Gasteiger partial charge in [0.05, 0.1) is 23.7 Å². The molecule has 26 heteroatoms. The Labute approximate surface area is 727 Å². The van der Waals surface area contributed by atoms with Crippen molar-refractivity contribution in [3.63, 3.8) is 0 Å². The molecule has 4 fully saturated rings. The molecule has 6 aromatic carbocycles. The van der Waals surface area contributed by atoms with Crippen molar-refractivity contribution in [2.24, 2.45) is 39.9 Å². The van der Waals surface area contributed by atoms with Gasteiger partial charge in [0, 0.05) is 55.4 Å². The number of nitrogens with one attached hydrogen (secondary N) is 3. The number of cyclic esters (lactones) is 4. The zero-order valence-electron chi connectivity index (χ0n) is 74.7. The van der Waals surface area contributed by atoms with Crippen LogP contribution >= 0.6 is 0 Å². The minimum Gasteiger partial charge on any atom is -0.481 e. The monoisotopic (exact) mass is 1710 g/mol. The summed E-state index contributed by atoms with van der Waals surface area (Å²) in [6.45, 7) is 40.5. The van der Waals surface area contributed by atoms with Crippen molar-refractivity contribution in [2.45, 2.75) is 249 Å². The van der Waals surface area contributed by atoms with Gasteiger partial charge in [0.15, 0.2) is 24.4 Å². The molecule has 0 radical (unpaired) electrons. The summed E-state index contributed by atoms with van der Waals surface area (Å²) in [4.78, 5) is 138. The highest BCUT2D eigenvalue weighted by atomic mass is 16.8. The molecular weight excluding hydrogens is 1590 g/mol. The number of hydrogen-bond acceptors (Lipinski definition) is 21.